The summed E-state index contributed by atoms with van der Waals surface area (Å²) in [6.45, 7) is 10.9. The molecule has 0 amide bonds. The van der Waals surface area contributed by atoms with E-state index in [0.717, 1.165) is 25.0 Å². The summed E-state index contributed by atoms with van der Waals surface area (Å²) in [6.07, 6.45) is 16.2. The van der Waals surface area contributed by atoms with E-state index in [-0.39, 0.29) is 13.2 Å². The number of rotatable bonds is 17. The summed E-state index contributed by atoms with van der Waals surface area (Å²) < 4.78 is 6.12. The van der Waals surface area contributed by atoms with Gasteiger partial charge in [0.2, 0.25) is 0 Å². The average Bonchev–Trinajstić information content (AvgIpc) is 2.62. The minimum absolute atomic E-state index is 0.125. The van der Waals surface area contributed by atoms with Gasteiger partial charge in [0, 0.05) is 13.2 Å². The van der Waals surface area contributed by atoms with Crippen molar-refractivity contribution in [3.63, 3.8) is 0 Å². The minimum Gasteiger partial charge on any atom is -0.394 e. The van der Waals surface area contributed by atoms with Crippen molar-refractivity contribution in [2.24, 2.45) is 11.8 Å². The first-order valence-corrected chi connectivity index (χ1v) is 11.0. The van der Waals surface area contributed by atoms with Crippen molar-refractivity contribution in [1.82, 2.24) is 0 Å². The molecule has 0 radical (unpaired) electrons. The van der Waals surface area contributed by atoms with Crippen LogP contribution in [-0.2, 0) is 4.74 Å². The Balaban J connectivity index is 0. The molecule has 0 aliphatic carbocycles. The fourth-order valence-electron chi connectivity index (χ4n) is 3.21. The van der Waals surface area contributed by atoms with Crippen molar-refractivity contribution in [2.75, 3.05) is 26.4 Å². The molecule has 0 bridgehead atoms. The molecule has 0 aromatic heterocycles. The Kier molecular flexibility index (Phi) is 25.9. The summed E-state index contributed by atoms with van der Waals surface area (Å²) in [7, 11) is 0. The highest BCUT2D eigenvalue weighted by molar-refractivity contribution is 4.62. The predicted octanol–water partition coefficient (Wildman–Crippen LogP) is 5.97. The highest BCUT2D eigenvalue weighted by Gasteiger charge is 2.11. The van der Waals surface area contributed by atoms with Crippen molar-refractivity contribution in [1.29, 1.82) is 0 Å². The van der Waals surface area contributed by atoms with Crippen molar-refractivity contribution < 1.29 is 14.9 Å². The Morgan fingerprint density at radius 3 is 1.24 bits per heavy atom. The van der Waals surface area contributed by atoms with Gasteiger partial charge in [0.05, 0.1) is 13.2 Å². The second-order valence-corrected chi connectivity index (χ2v) is 7.29. The quantitative estimate of drug-likeness (QED) is 0.314. The van der Waals surface area contributed by atoms with Crippen LogP contribution in [0, 0.1) is 11.8 Å². The van der Waals surface area contributed by atoms with Gasteiger partial charge in [-0.3, -0.25) is 0 Å². The number of unbranched alkanes of at least 4 members (excludes halogenated alkanes) is 4. The summed E-state index contributed by atoms with van der Waals surface area (Å²) in [6, 6.07) is 0. The minimum atomic E-state index is -0.125. The molecule has 3 heteroatoms. The smallest absolute Gasteiger partial charge is 0.0662 e. The van der Waals surface area contributed by atoms with E-state index in [1.807, 2.05) is 0 Å². The Morgan fingerprint density at radius 1 is 0.560 bits per heavy atom. The number of hydrogen-bond donors (Lipinski definition) is 2. The molecule has 0 aromatic rings. The van der Waals surface area contributed by atoms with Crippen LogP contribution in [0.2, 0.25) is 0 Å². The van der Waals surface area contributed by atoms with Gasteiger partial charge in [0.25, 0.3) is 0 Å². The molecule has 0 aliphatic rings. The first-order chi connectivity index (χ1) is 12.2. The lowest BCUT2D eigenvalue weighted by molar-refractivity contribution is 0.0598. The zero-order valence-corrected chi connectivity index (χ0v) is 17.8. The standard InChI is InChI=1S/C20H42O.C2H6O2/c1-5-9-11-15-19(13-7-3)17-21-18-20(14-8-4)16-12-10-6-2;3-1-2-4/h19-20H,5-18H2,1-4H3;3-4H,1-2H2. The molecule has 0 fully saturated rings. The van der Waals surface area contributed by atoms with Gasteiger partial charge < -0.3 is 14.9 Å². The lowest BCUT2D eigenvalue weighted by Gasteiger charge is -2.20. The molecule has 3 nitrogen and oxygen atoms in total. The van der Waals surface area contributed by atoms with E-state index in [0.29, 0.717) is 0 Å². The van der Waals surface area contributed by atoms with Crippen LogP contribution in [0.15, 0.2) is 0 Å². The Morgan fingerprint density at radius 2 is 0.960 bits per heavy atom. The first kappa shape index (κ1) is 27.1. The van der Waals surface area contributed by atoms with Crippen LogP contribution in [0.1, 0.15) is 105 Å². The monoisotopic (exact) mass is 360 g/mol. The highest BCUT2D eigenvalue weighted by atomic mass is 16.5. The van der Waals surface area contributed by atoms with Gasteiger partial charge in [-0.15, -0.1) is 0 Å². The molecular formula is C22H48O3. The summed E-state index contributed by atoms with van der Waals surface area (Å²) in [5.74, 6) is 1.61. The molecule has 0 saturated heterocycles. The maximum Gasteiger partial charge on any atom is 0.0662 e. The van der Waals surface area contributed by atoms with Crippen LogP contribution < -0.4 is 0 Å². The van der Waals surface area contributed by atoms with E-state index >= 15 is 0 Å². The van der Waals surface area contributed by atoms with Gasteiger partial charge >= 0.3 is 0 Å². The molecule has 0 spiro atoms. The zero-order valence-electron chi connectivity index (χ0n) is 17.8. The van der Waals surface area contributed by atoms with E-state index in [9.17, 15) is 0 Å². The van der Waals surface area contributed by atoms with Gasteiger partial charge in [-0.2, -0.15) is 0 Å². The summed E-state index contributed by atoms with van der Waals surface area (Å²) in [4.78, 5) is 0. The van der Waals surface area contributed by atoms with E-state index in [4.69, 9.17) is 14.9 Å². The van der Waals surface area contributed by atoms with Gasteiger partial charge in [-0.1, -0.05) is 79.1 Å². The molecule has 2 N–H and O–H groups in total. The highest BCUT2D eigenvalue weighted by Crippen LogP contribution is 2.19. The predicted molar refractivity (Wildman–Crippen MR) is 110 cm³/mol. The maximum atomic E-state index is 7.62. The number of hydrogen-bond acceptors (Lipinski definition) is 3. The van der Waals surface area contributed by atoms with E-state index in [2.05, 4.69) is 27.7 Å². The van der Waals surface area contributed by atoms with E-state index < -0.39 is 0 Å². The van der Waals surface area contributed by atoms with Gasteiger partial charge in [0.15, 0.2) is 0 Å². The summed E-state index contributed by atoms with van der Waals surface area (Å²) in [5, 5.41) is 15.2. The normalized spacial score (nSPS) is 13.2. The van der Waals surface area contributed by atoms with Crippen molar-refractivity contribution in [3.8, 4) is 0 Å². The summed E-state index contributed by atoms with van der Waals surface area (Å²) >= 11 is 0. The third kappa shape index (κ3) is 21.8. The second-order valence-electron chi connectivity index (χ2n) is 7.29. The molecule has 0 rings (SSSR count). The average molecular weight is 361 g/mol. The van der Waals surface area contributed by atoms with Crippen LogP contribution in [0.4, 0.5) is 0 Å². The van der Waals surface area contributed by atoms with E-state index in [1.54, 1.807) is 0 Å². The second kappa shape index (κ2) is 23.9. The van der Waals surface area contributed by atoms with Crippen LogP contribution in [0.3, 0.4) is 0 Å². The van der Waals surface area contributed by atoms with Gasteiger partial charge in [-0.25, -0.2) is 0 Å². The van der Waals surface area contributed by atoms with Gasteiger partial charge in [0.1, 0.15) is 0 Å². The number of aliphatic hydroxyl groups is 2. The Hall–Kier alpha value is -0.120. The molecule has 154 valence electrons. The maximum absolute atomic E-state index is 7.62. The van der Waals surface area contributed by atoms with Crippen molar-refractivity contribution >= 4 is 0 Å². The van der Waals surface area contributed by atoms with E-state index in [1.165, 1.54) is 77.0 Å². The van der Waals surface area contributed by atoms with Crippen molar-refractivity contribution in [2.45, 2.75) is 105 Å². The molecule has 25 heavy (non-hydrogen) atoms. The first-order valence-electron chi connectivity index (χ1n) is 11.0. The molecule has 0 heterocycles. The third-order valence-electron chi connectivity index (χ3n) is 4.63. The van der Waals surface area contributed by atoms with Crippen LogP contribution in [-0.4, -0.2) is 36.6 Å². The van der Waals surface area contributed by atoms with Crippen LogP contribution >= 0.6 is 0 Å². The molecule has 0 aromatic carbocycles. The van der Waals surface area contributed by atoms with Crippen LogP contribution in [0.25, 0.3) is 0 Å². The lowest BCUT2D eigenvalue weighted by atomic mass is 9.96. The molecular weight excluding hydrogens is 312 g/mol. The zero-order chi connectivity index (χ0) is 19.2. The number of ether oxygens (including phenoxy) is 1. The Labute approximate surface area is 158 Å². The summed E-state index contributed by atoms with van der Waals surface area (Å²) in [5.41, 5.74) is 0. The third-order valence-corrected chi connectivity index (χ3v) is 4.63. The van der Waals surface area contributed by atoms with Crippen LogP contribution in [0.5, 0.6) is 0 Å². The van der Waals surface area contributed by atoms with Crippen molar-refractivity contribution in [3.05, 3.63) is 0 Å². The Bertz CT molecular complexity index is 199. The fourth-order valence-corrected chi connectivity index (χ4v) is 3.21. The topological polar surface area (TPSA) is 49.7 Å². The number of aliphatic hydroxyl groups excluding tert-OH is 2. The molecule has 2 atom stereocenters. The fraction of sp³-hybridized carbons (Fsp3) is 1.00. The molecule has 0 saturated carbocycles. The lowest BCUT2D eigenvalue weighted by Crippen LogP contribution is -2.15. The SMILES string of the molecule is CCCCCC(CCC)COCC(CCC)CCCCC.OCCO. The molecule has 2 unspecified atom stereocenters. The molecule has 0 aliphatic heterocycles. The van der Waals surface area contributed by atoms with Gasteiger partial charge in [-0.05, 0) is 37.5 Å². The largest absolute Gasteiger partial charge is 0.394 e.